The smallest absolute Gasteiger partial charge is 0 e. The molecule has 0 aromatic rings. The Hall–Kier alpha value is 2.93. The van der Waals surface area contributed by atoms with Crippen LogP contribution in [0.2, 0.25) is 0 Å². The quantitative estimate of drug-likeness (QED) is 0.335. The fraction of sp³-hybridized carbons (Fsp3) is 0. The molecule has 0 spiro atoms. The maximum atomic E-state index is 0. The van der Waals surface area contributed by atoms with E-state index in [0.717, 1.165) is 0 Å². The molecule has 0 heterocycles. The Labute approximate surface area is 87.7 Å². The molecule has 0 aliphatic rings. The first-order chi connectivity index (χ1) is 0. The van der Waals surface area contributed by atoms with Gasteiger partial charge in [-0.25, -0.2) is 0 Å². The van der Waals surface area contributed by atoms with Gasteiger partial charge in [-0.15, -0.1) is 0 Å². The summed E-state index contributed by atoms with van der Waals surface area (Å²) in [5.41, 5.74) is 0. The van der Waals surface area contributed by atoms with Crippen LogP contribution in [0.1, 0.15) is 0 Å². The largest absolute Gasteiger partial charge is 0 e. The van der Waals surface area contributed by atoms with E-state index >= 15 is 0 Å². The summed E-state index contributed by atoms with van der Waals surface area (Å²) in [5.74, 6) is 0. The molecule has 0 fully saturated rings. The molecule has 0 aliphatic heterocycles. The molecule has 0 nitrogen and oxygen atoms in total. The average molecular weight is 573 g/mol. The SMILES string of the molecule is [Cu].[Pb].[Sn].[W]. The van der Waals surface area contributed by atoms with E-state index in [4.69, 9.17) is 0 Å². The second-order valence-corrected chi connectivity index (χ2v) is 0. The van der Waals surface area contributed by atoms with E-state index in [1.807, 2.05) is 0 Å². The summed E-state index contributed by atoms with van der Waals surface area (Å²) in [6.45, 7) is 0. The first-order valence-corrected chi connectivity index (χ1v) is 0. The first kappa shape index (κ1) is 28.4. The van der Waals surface area contributed by atoms with Gasteiger partial charge in [-0.1, -0.05) is 0 Å². The van der Waals surface area contributed by atoms with Crippen LogP contribution in [0.4, 0.5) is 0 Å². The fourth-order valence-corrected chi connectivity index (χ4v) is 0. The molecule has 0 rings (SSSR count). The van der Waals surface area contributed by atoms with Crippen LogP contribution in [0.15, 0.2) is 0 Å². The van der Waals surface area contributed by atoms with Crippen molar-refractivity contribution in [3.05, 3.63) is 0 Å². The molecule has 0 aromatic carbocycles. The van der Waals surface area contributed by atoms with E-state index < -0.39 is 0 Å². The molecule has 25 valence electrons. The van der Waals surface area contributed by atoms with Gasteiger partial charge in [0.1, 0.15) is 0 Å². The minimum Gasteiger partial charge on any atom is 0 e. The Morgan fingerprint density at radius 1 is 1.00 bits per heavy atom. The van der Waals surface area contributed by atoms with Crippen LogP contribution in [0.5, 0.6) is 0 Å². The van der Waals surface area contributed by atoms with Crippen molar-refractivity contribution in [2.24, 2.45) is 0 Å². The van der Waals surface area contributed by atoms with Crippen LogP contribution >= 0.6 is 0 Å². The molecule has 0 unspecified atom stereocenters. The Kier molecular flexibility index (Phi) is 119. The van der Waals surface area contributed by atoms with E-state index in [9.17, 15) is 0 Å². The predicted octanol–water partition coefficient (Wildman–Crippen LogP) is -0.767. The van der Waals surface area contributed by atoms with Crippen LogP contribution in [-0.2, 0) is 38.1 Å². The molecule has 0 amide bonds. The maximum Gasteiger partial charge on any atom is 0 e. The van der Waals surface area contributed by atoms with Gasteiger partial charge < -0.3 is 0 Å². The molecular weight excluding hydrogens is 573 g/mol. The predicted molar refractivity (Wildman–Crippen MR) is 11.5 cm³/mol. The van der Waals surface area contributed by atoms with Gasteiger partial charge in [0.15, 0.2) is 0 Å². The van der Waals surface area contributed by atoms with Gasteiger partial charge in [-0.2, -0.15) is 0 Å². The van der Waals surface area contributed by atoms with Crippen LogP contribution in [0.25, 0.3) is 0 Å². The molecule has 0 aliphatic carbocycles. The summed E-state index contributed by atoms with van der Waals surface area (Å²) in [6, 6.07) is 0. The van der Waals surface area contributed by atoms with Crippen molar-refractivity contribution in [2.45, 2.75) is 0 Å². The first-order valence-electron chi connectivity index (χ1n) is 0. The molecule has 9 radical (unpaired) electrons. The molecule has 0 aromatic heterocycles. The molecule has 4 heteroatoms. The van der Waals surface area contributed by atoms with Gasteiger partial charge in [0.2, 0.25) is 0 Å². The van der Waals surface area contributed by atoms with E-state index in [2.05, 4.69) is 0 Å². The molecule has 0 atom stereocenters. The van der Waals surface area contributed by atoms with E-state index in [0.29, 0.717) is 0 Å². The van der Waals surface area contributed by atoms with Crippen LogP contribution in [-0.4, -0.2) is 51.2 Å². The zero-order chi connectivity index (χ0) is 0. The zero-order valence-electron chi connectivity index (χ0n) is 1.71. The maximum absolute atomic E-state index is 0. The van der Waals surface area contributed by atoms with Gasteiger partial charge in [0, 0.05) is 89.3 Å². The van der Waals surface area contributed by atoms with Crippen LogP contribution < -0.4 is 0 Å². The Morgan fingerprint density at radius 2 is 1.00 bits per heavy atom. The summed E-state index contributed by atoms with van der Waals surface area (Å²) in [5, 5.41) is 0. The average Bonchev–Trinajstić information content (AvgIpc) is 0. The van der Waals surface area contributed by atoms with Crippen molar-refractivity contribution >= 4 is 51.2 Å². The Morgan fingerprint density at radius 3 is 1.00 bits per heavy atom. The van der Waals surface area contributed by atoms with Crippen LogP contribution in [0, 0.1) is 0 Å². The molecule has 0 saturated carbocycles. The van der Waals surface area contributed by atoms with Crippen molar-refractivity contribution < 1.29 is 38.1 Å². The number of hydrogen-bond acceptors (Lipinski definition) is 0. The standard InChI is InChI=1S/Cu.Pb.Sn.W. The van der Waals surface area contributed by atoms with Crippen molar-refractivity contribution in [1.29, 1.82) is 0 Å². The summed E-state index contributed by atoms with van der Waals surface area (Å²) < 4.78 is 0. The van der Waals surface area contributed by atoms with Gasteiger partial charge in [0.25, 0.3) is 0 Å². The molecule has 0 N–H and O–H groups in total. The van der Waals surface area contributed by atoms with Crippen molar-refractivity contribution in [3.63, 3.8) is 0 Å². The van der Waals surface area contributed by atoms with E-state index in [1.54, 1.807) is 0 Å². The summed E-state index contributed by atoms with van der Waals surface area (Å²) in [7, 11) is 0. The monoisotopic (exact) mass is 575 g/mol. The van der Waals surface area contributed by atoms with Gasteiger partial charge >= 0.3 is 0 Å². The van der Waals surface area contributed by atoms with E-state index in [1.165, 1.54) is 0 Å². The number of rotatable bonds is 0. The normalized spacial score (nSPS) is 0. The number of hydrogen-bond donors (Lipinski definition) is 0. The molecular formula is CuPbSnW. The Balaban J connectivity index is 0. The third kappa shape index (κ3) is 8.87. The van der Waals surface area contributed by atoms with E-state index in [-0.39, 0.29) is 89.3 Å². The second-order valence-electron chi connectivity index (χ2n) is 0. The zero-order valence-corrected chi connectivity index (χ0v) is 12.3. The van der Waals surface area contributed by atoms with Crippen molar-refractivity contribution in [1.82, 2.24) is 0 Å². The minimum absolute atomic E-state index is 0. The minimum atomic E-state index is 0. The topological polar surface area (TPSA) is 0 Å². The summed E-state index contributed by atoms with van der Waals surface area (Å²) in [6.07, 6.45) is 0. The summed E-state index contributed by atoms with van der Waals surface area (Å²) in [4.78, 5) is 0. The van der Waals surface area contributed by atoms with Crippen LogP contribution in [0.3, 0.4) is 0 Å². The van der Waals surface area contributed by atoms with Gasteiger partial charge in [-0.3, -0.25) is 0 Å². The van der Waals surface area contributed by atoms with Gasteiger partial charge in [0.05, 0.1) is 0 Å². The third-order valence-corrected chi connectivity index (χ3v) is 0. The van der Waals surface area contributed by atoms with Gasteiger partial charge in [-0.05, 0) is 0 Å². The molecule has 0 saturated heterocycles. The molecule has 0 bridgehead atoms. The Bertz CT molecular complexity index is 8.00. The molecule has 4 heavy (non-hydrogen) atoms. The van der Waals surface area contributed by atoms with Crippen molar-refractivity contribution in [2.75, 3.05) is 0 Å². The van der Waals surface area contributed by atoms with Crippen molar-refractivity contribution in [3.8, 4) is 0 Å². The fourth-order valence-electron chi connectivity index (χ4n) is 0. The summed E-state index contributed by atoms with van der Waals surface area (Å²) >= 11 is 0. The third-order valence-electron chi connectivity index (χ3n) is 0. The second kappa shape index (κ2) is 16.8.